The molecule has 0 aliphatic carbocycles. The minimum absolute atomic E-state index is 0.0316. The lowest BCUT2D eigenvalue weighted by Gasteiger charge is -2.32. The van der Waals surface area contributed by atoms with E-state index in [1.807, 2.05) is 24.0 Å². The lowest BCUT2D eigenvalue weighted by atomic mass is 9.86. The Balaban J connectivity index is 1.66. The zero-order valence-electron chi connectivity index (χ0n) is 16.0. The first-order chi connectivity index (χ1) is 12.3. The molecule has 0 bridgehead atoms. The summed E-state index contributed by atoms with van der Waals surface area (Å²) < 4.78 is 5.97. The van der Waals surface area contributed by atoms with Crippen molar-refractivity contribution in [3.05, 3.63) is 53.5 Å². The number of hydrogen-bond donors (Lipinski definition) is 0. The van der Waals surface area contributed by atoms with Gasteiger partial charge in [-0.05, 0) is 42.9 Å². The summed E-state index contributed by atoms with van der Waals surface area (Å²) in [5, 5.41) is 0. The molecule has 1 saturated heterocycles. The van der Waals surface area contributed by atoms with E-state index in [1.54, 1.807) is 12.3 Å². The third-order valence-corrected chi connectivity index (χ3v) is 4.70. The fourth-order valence-electron chi connectivity index (χ4n) is 3.19. The lowest BCUT2D eigenvalue weighted by molar-refractivity contribution is 0.0527. The second-order valence-electron chi connectivity index (χ2n) is 7.90. The summed E-state index contributed by atoms with van der Waals surface area (Å²) in [4.78, 5) is 23.1. The van der Waals surface area contributed by atoms with Gasteiger partial charge in [0.2, 0.25) is 5.88 Å². The first-order valence-electron chi connectivity index (χ1n) is 9.19. The van der Waals surface area contributed by atoms with E-state index < -0.39 is 0 Å². The van der Waals surface area contributed by atoms with Crippen LogP contribution in [0.1, 0.15) is 55.4 Å². The Bertz CT molecular complexity index is 766. The van der Waals surface area contributed by atoms with Crippen molar-refractivity contribution in [3.63, 3.8) is 0 Å². The van der Waals surface area contributed by atoms with Gasteiger partial charge >= 0.3 is 0 Å². The van der Waals surface area contributed by atoms with Crippen LogP contribution in [0.25, 0.3) is 0 Å². The maximum absolute atomic E-state index is 12.9. The minimum Gasteiger partial charge on any atom is -0.472 e. The molecular weight excluding hydrogens is 326 g/mol. The number of nitrogens with zero attached hydrogens (tertiary/aromatic N) is 3. The first kappa shape index (κ1) is 18.4. The number of carbonyl (C=O) groups excluding carboxylic acids is 1. The summed E-state index contributed by atoms with van der Waals surface area (Å²) in [6, 6.07) is 9.73. The number of benzene rings is 1. The van der Waals surface area contributed by atoms with Crippen molar-refractivity contribution in [2.45, 2.75) is 52.1 Å². The molecule has 1 fully saturated rings. The molecule has 0 saturated carbocycles. The molecule has 1 unspecified atom stereocenters. The molecular formula is C21H27N3O2. The number of piperidine rings is 1. The van der Waals surface area contributed by atoms with Crippen LogP contribution in [-0.4, -0.2) is 40.0 Å². The predicted octanol–water partition coefficient (Wildman–Crippen LogP) is 3.77. The molecule has 1 aromatic heterocycles. The fourth-order valence-corrected chi connectivity index (χ4v) is 3.19. The molecule has 26 heavy (non-hydrogen) atoms. The molecule has 1 amide bonds. The Morgan fingerprint density at radius 3 is 2.58 bits per heavy atom. The average molecular weight is 353 g/mol. The Kier molecular flexibility index (Phi) is 5.25. The van der Waals surface area contributed by atoms with Crippen LogP contribution in [0.2, 0.25) is 0 Å². The molecule has 138 valence electrons. The Morgan fingerprint density at radius 2 is 1.92 bits per heavy atom. The molecule has 1 aliphatic heterocycles. The first-order valence-corrected chi connectivity index (χ1v) is 9.19. The molecule has 0 spiro atoms. The normalized spacial score (nSPS) is 17.8. The van der Waals surface area contributed by atoms with Crippen molar-refractivity contribution in [1.82, 2.24) is 14.9 Å². The zero-order valence-corrected chi connectivity index (χ0v) is 16.0. The smallest absolute Gasteiger partial charge is 0.253 e. The van der Waals surface area contributed by atoms with Gasteiger partial charge in [0.1, 0.15) is 11.9 Å². The standard InChI is InChI=1S/C21H27N3O2/c1-15-22-12-11-19(23-15)26-18-6-5-13-24(14-18)20(25)16-7-9-17(10-8-16)21(2,3)4/h7-12,18H,5-6,13-14H2,1-4H3. The average Bonchev–Trinajstić information content (AvgIpc) is 2.61. The van der Waals surface area contributed by atoms with E-state index in [9.17, 15) is 4.79 Å². The maximum Gasteiger partial charge on any atom is 0.253 e. The summed E-state index contributed by atoms with van der Waals surface area (Å²) >= 11 is 0. The number of rotatable bonds is 3. The van der Waals surface area contributed by atoms with Gasteiger partial charge in [-0.2, -0.15) is 4.98 Å². The minimum atomic E-state index is -0.0316. The van der Waals surface area contributed by atoms with E-state index in [1.165, 1.54) is 5.56 Å². The van der Waals surface area contributed by atoms with Crippen molar-refractivity contribution in [2.24, 2.45) is 0 Å². The van der Waals surface area contributed by atoms with Crippen LogP contribution in [0.5, 0.6) is 5.88 Å². The van der Waals surface area contributed by atoms with Gasteiger partial charge in [0.25, 0.3) is 5.91 Å². The van der Waals surface area contributed by atoms with E-state index in [0.29, 0.717) is 18.2 Å². The van der Waals surface area contributed by atoms with Gasteiger partial charge in [0.15, 0.2) is 0 Å². The van der Waals surface area contributed by atoms with Crippen molar-refractivity contribution < 1.29 is 9.53 Å². The van der Waals surface area contributed by atoms with Gasteiger partial charge < -0.3 is 9.64 Å². The quantitative estimate of drug-likeness (QED) is 0.843. The SMILES string of the molecule is Cc1nccc(OC2CCCN(C(=O)c3ccc(C(C)(C)C)cc3)C2)n1. The molecule has 0 N–H and O–H groups in total. The largest absolute Gasteiger partial charge is 0.472 e. The highest BCUT2D eigenvalue weighted by atomic mass is 16.5. The molecule has 5 heteroatoms. The van der Waals surface area contributed by atoms with Crippen molar-refractivity contribution in [3.8, 4) is 5.88 Å². The van der Waals surface area contributed by atoms with Crippen molar-refractivity contribution in [1.29, 1.82) is 0 Å². The number of amides is 1. The van der Waals surface area contributed by atoms with Crippen LogP contribution in [0.15, 0.2) is 36.5 Å². The van der Waals surface area contributed by atoms with Crippen LogP contribution in [0.3, 0.4) is 0 Å². The summed E-state index contributed by atoms with van der Waals surface area (Å²) in [5.74, 6) is 1.33. The number of aryl methyl sites for hydroxylation is 1. The molecule has 2 aromatic rings. The topological polar surface area (TPSA) is 55.3 Å². The van der Waals surface area contributed by atoms with Gasteiger partial charge in [0.05, 0.1) is 6.54 Å². The summed E-state index contributed by atoms with van der Waals surface area (Å²) in [6.45, 7) is 9.71. The third-order valence-electron chi connectivity index (χ3n) is 4.70. The van der Waals surface area contributed by atoms with E-state index in [2.05, 4.69) is 42.9 Å². The highest BCUT2D eigenvalue weighted by Crippen LogP contribution is 2.23. The van der Waals surface area contributed by atoms with Gasteiger partial charge in [0, 0.05) is 24.4 Å². The lowest BCUT2D eigenvalue weighted by Crippen LogP contribution is -2.44. The van der Waals surface area contributed by atoms with Crippen LogP contribution in [0, 0.1) is 6.92 Å². The fraction of sp³-hybridized carbons (Fsp3) is 0.476. The van der Waals surface area contributed by atoms with Gasteiger partial charge in [-0.15, -0.1) is 0 Å². The van der Waals surface area contributed by atoms with E-state index in [-0.39, 0.29) is 17.4 Å². The molecule has 1 atom stereocenters. The molecule has 1 aromatic carbocycles. The van der Waals surface area contributed by atoms with Crippen molar-refractivity contribution >= 4 is 5.91 Å². The summed E-state index contributed by atoms with van der Waals surface area (Å²) in [6.07, 6.45) is 3.52. The van der Waals surface area contributed by atoms with Crippen LogP contribution in [0.4, 0.5) is 0 Å². The second-order valence-corrected chi connectivity index (χ2v) is 7.90. The molecule has 5 nitrogen and oxygen atoms in total. The molecule has 3 rings (SSSR count). The molecule has 1 aliphatic rings. The van der Waals surface area contributed by atoms with E-state index in [4.69, 9.17) is 4.74 Å². The van der Waals surface area contributed by atoms with E-state index >= 15 is 0 Å². The van der Waals surface area contributed by atoms with Crippen molar-refractivity contribution in [2.75, 3.05) is 13.1 Å². The number of carbonyl (C=O) groups is 1. The maximum atomic E-state index is 12.9. The highest BCUT2D eigenvalue weighted by molar-refractivity contribution is 5.94. The Hall–Kier alpha value is -2.43. The molecule has 0 radical (unpaired) electrons. The third kappa shape index (κ3) is 4.40. The number of ether oxygens (including phenoxy) is 1. The predicted molar refractivity (Wildman–Crippen MR) is 101 cm³/mol. The second kappa shape index (κ2) is 7.44. The number of hydrogen-bond acceptors (Lipinski definition) is 4. The monoisotopic (exact) mass is 353 g/mol. The van der Waals surface area contributed by atoms with Gasteiger partial charge in [-0.25, -0.2) is 4.98 Å². The van der Waals surface area contributed by atoms with Gasteiger partial charge in [-0.3, -0.25) is 4.79 Å². The van der Waals surface area contributed by atoms with Crippen LogP contribution in [-0.2, 0) is 5.41 Å². The number of aromatic nitrogens is 2. The Labute approximate surface area is 155 Å². The van der Waals surface area contributed by atoms with Crippen LogP contribution < -0.4 is 4.74 Å². The van der Waals surface area contributed by atoms with E-state index in [0.717, 1.165) is 24.9 Å². The summed E-state index contributed by atoms with van der Waals surface area (Å²) in [5.41, 5.74) is 2.05. The highest BCUT2D eigenvalue weighted by Gasteiger charge is 2.26. The van der Waals surface area contributed by atoms with Gasteiger partial charge in [-0.1, -0.05) is 32.9 Å². The number of likely N-dealkylation sites (tertiary alicyclic amines) is 1. The Morgan fingerprint density at radius 1 is 1.19 bits per heavy atom. The van der Waals surface area contributed by atoms with Crippen LogP contribution >= 0.6 is 0 Å². The molecule has 2 heterocycles. The zero-order chi connectivity index (χ0) is 18.7. The summed E-state index contributed by atoms with van der Waals surface area (Å²) in [7, 11) is 0.